The van der Waals surface area contributed by atoms with Gasteiger partial charge in [0.15, 0.2) is 0 Å². The Labute approximate surface area is 440 Å². The Morgan fingerprint density at radius 2 is 0.632 bits per heavy atom. The van der Waals surface area contributed by atoms with E-state index in [4.69, 9.17) is 18.9 Å². The number of hydrogen-bond donors (Lipinski definition) is 4. The SMILES string of the molecule is CCCOc1c2cc(NC(C)=O)cc1Cc1cc(NC(=O)c3ccc([N+](=O)[O-])cc3)cc(c1OCCC)Cc1cc(NC(C)=O)cc(c1OCCC)Cc1cc(NC(=O)c3ccc([N+](=O)[O-])cc3)cc(c1OCCC)C2. The second kappa shape index (κ2) is 25.4. The van der Waals surface area contributed by atoms with E-state index in [9.17, 15) is 39.4 Å². The lowest BCUT2D eigenvalue weighted by Crippen LogP contribution is -2.15. The summed E-state index contributed by atoms with van der Waals surface area (Å²) in [5.41, 5.74) is 7.16. The lowest BCUT2D eigenvalue weighted by atomic mass is 9.90. The predicted octanol–water partition coefficient (Wildman–Crippen LogP) is 11.8. The third kappa shape index (κ3) is 13.9. The van der Waals surface area contributed by atoms with E-state index >= 15 is 0 Å². The van der Waals surface area contributed by atoms with Gasteiger partial charge in [0.1, 0.15) is 23.0 Å². The number of nitrogens with zero attached hydrogens (tertiary/aromatic N) is 2. The molecular formula is C58H62N6O12. The molecule has 0 atom stereocenters. The Kier molecular flexibility index (Phi) is 18.4. The number of fused-ring (bicyclic) bond motifs is 8. The molecule has 396 valence electrons. The van der Waals surface area contributed by atoms with Crippen molar-refractivity contribution < 1.29 is 48.0 Å². The van der Waals surface area contributed by atoms with Crippen LogP contribution in [0.5, 0.6) is 23.0 Å². The summed E-state index contributed by atoms with van der Waals surface area (Å²) in [6.07, 6.45) is 3.30. The number of nitro benzene ring substituents is 2. The molecule has 6 aromatic rings. The van der Waals surface area contributed by atoms with Gasteiger partial charge in [-0.3, -0.25) is 39.4 Å². The van der Waals surface area contributed by atoms with Gasteiger partial charge in [0.2, 0.25) is 11.8 Å². The van der Waals surface area contributed by atoms with Crippen molar-refractivity contribution in [2.24, 2.45) is 0 Å². The van der Waals surface area contributed by atoms with E-state index in [0.29, 0.717) is 142 Å². The second-order valence-corrected chi connectivity index (χ2v) is 18.5. The average Bonchev–Trinajstić information content (AvgIpc) is 3.38. The van der Waals surface area contributed by atoms with Crippen LogP contribution in [0.2, 0.25) is 0 Å². The molecule has 0 radical (unpaired) electrons. The lowest BCUT2D eigenvalue weighted by Gasteiger charge is -2.25. The zero-order valence-corrected chi connectivity index (χ0v) is 43.5. The second-order valence-electron chi connectivity index (χ2n) is 18.5. The molecule has 0 unspecified atom stereocenters. The summed E-state index contributed by atoms with van der Waals surface area (Å²) in [7, 11) is 0. The van der Waals surface area contributed by atoms with Crippen LogP contribution in [0.4, 0.5) is 34.1 Å². The number of anilines is 4. The van der Waals surface area contributed by atoms with E-state index in [2.05, 4.69) is 21.3 Å². The third-order valence-corrected chi connectivity index (χ3v) is 12.1. The number of nitrogens with one attached hydrogen (secondary N) is 4. The van der Waals surface area contributed by atoms with Gasteiger partial charge in [-0.1, -0.05) is 27.7 Å². The quantitative estimate of drug-likeness (QED) is 0.0412. The smallest absolute Gasteiger partial charge is 0.269 e. The molecule has 0 heterocycles. The molecule has 18 nitrogen and oxygen atoms in total. The van der Waals surface area contributed by atoms with Gasteiger partial charge in [0, 0.05) is 142 Å². The first-order valence-corrected chi connectivity index (χ1v) is 25.4. The standard InChI is InChI=1S/C58H62N6O12/c1-7-19-73-53-39-23-43-31-49(61-57(67)37-11-15-51(16-12-37)63(69)70)33-45(55(43)75-21-9-3)25-41-29-48(60-36(6)66)30-42(54(41)74-20-8-2)26-46-34-50(62-58(68)38-13-17-52(18-14-38)64(71)72)32-44(56(46)76-22-10-4)24-40(53)28-47(27-39)59-35(5)65/h11-18,27-34H,7-10,19-26H2,1-6H3,(H,59,65)(H,60,66)(H,61,67)(H,62,68). The molecular weight excluding hydrogens is 973 g/mol. The Balaban J connectivity index is 1.54. The first-order valence-electron chi connectivity index (χ1n) is 25.4. The summed E-state index contributed by atoms with van der Waals surface area (Å²) in [5, 5.41) is 35.0. The normalized spacial score (nSPS) is 11.7. The zero-order chi connectivity index (χ0) is 54.5. The number of hydrogen-bond acceptors (Lipinski definition) is 12. The largest absolute Gasteiger partial charge is 0.493 e. The molecule has 7 rings (SSSR count). The van der Waals surface area contributed by atoms with Gasteiger partial charge in [0.25, 0.3) is 23.2 Å². The van der Waals surface area contributed by atoms with Gasteiger partial charge >= 0.3 is 0 Å². The topological polar surface area (TPSA) is 240 Å². The van der Waals surface area contributed by atoms with Gasteiger partial charge in [-0.2, -0.15) is 0 Å². The van der Waals surface area contributed by atoms with E-state index in [1.807, 2.05) is 76.2 Å². The number of benzene rings is 6. The maximum atomic E-state index is 14.0. The minimum absolute atomic E-state index is 0.161. The van der Waals surface area contributed by atoms with Gasteiger partial charge in [-0.15, -0.1) is 0 Å². The Bertz CT molecular complexity index is 2850. The van der Waals surface area contributed by atoms with Crippen molar-refractivity contribution >= 4 is 57.8 Å². The lowest BCUT2D eigenvalue weighted by molar-refractivity contribution is -0.385. The van der Waals surface area contributed by atoms with Crippen molar-refractivity contribution in [2.75, 3.05) is 47.7 Å². The van der Waals surface area contributed by atoms with Crippen LogP contribution in [0.3, 0.4) is 0 Å². The number of carbonyl (C=O) groups is 4. The van der Waals surface area contributed by atoms with Crippen molar-refractivity contribution in [3.8, 4) is 23.0 Å². The van der Waals surface area contributed by atoms with Gasteiger partial charge in [-0.05, 0) is 98.5 Å². The highest BCUT2D eigenvalue weighted by molar-refractivity contribution is 6.05. The summed E-state index contributed by atoms with van der Waals surface area (Å²) in [4.78, 5) is 75.7. The fraction of sp³-hybridized carbons (Fsp3) is 0.310. The molecule has 0 saturated carbocycles. The molecule has 1 aliphatic rings. The van der Waals surface area contributed by atoms with Crippen LogP contribution in [0.15, 0.2) is 97.1 Å². The molecule has 6 aromatic carbocycles. The van der Waals surface area contributed by atoms with Crippen LogP contribution < -0.4 is 40.2 Å². The molecule has 0 aromatic heterocycles. The highest BCUT2D eigenvalue weighted by Gasteiger charge is 2.26. The zero-order valence-electron chi connectivity index (χ0n) is 43.5. The van der Waals surface area contributed by atoms with Crippen LogP contribution in [-0.4, -0.2) is 59.9 Å². The molecule has 0 saturated heterocycles. The van der Waals surface area contributed by atoms with Crippen LogP contribution in [0.25, 0.3) is 0 Å². The van der Waals surface area contributed by atoms with E-state index in [1.54, 1.807) is 0 Å². The predicted molar refractivity (Wildman–Crippen MR) is 291 cm³/mol. The molecule has 18 heteroatoms. The van der Waals surface area contributed by atoms with Crippen molar-refractivity contribution in [1.29, 1.82) is 0 Å². The van der Waals surface area contributed by atoms with Crippen LogP contribution in [0.1, 0.15) is 132 Å². The average molecular weight is 1040 g/mol. The number of ether oxygens (including phenoxy) is 4. The number of rotatable bonds is 20. The molecule has 0 spiro atoms. The van der Waals surface area contributed by atoms with Crippen molar-refractivity contribution in [3.63, 3.8) is 0 Å². The molecule has 4 N–H and O–H groups in total. The number of nitro groups is 2. The fourth-order valence-electron chi connectivity index (χ4n) is 9.02. The van der Waals surface area contributed by atoms with E-state index in [-0.39, 0.29) is 60.0 Å². The minimum atomic E-state index is -0.534. The van der Waals surface area contributed by atoms with Crippen LogP contribution in [0, 0.1) is 20.2 Å². The Morgan fingerprint density at radius 3 is 0.829 bits per heavy atom. The monoisotopic (exact) mass is 1030 g/mol. The summed E-state index contributed by atoms with van der Waals surface area (Å²) in [6.45, 7) is 12.1. The molecule has 4 amide bonds. The van der Waals surface area contributed by atoms with Gasteiger partial charge < -0.3 is 40.2 Å². The van der Waals surface area contributed by atoms with Crippen molar-refractivity contribution in [2.45, 2.75) is 92.9 Å². The van der Waals surface area contributed by atoms with E-state index < -0.39 is 21.7 Å². The summed E-state index contributed by atoms with van der Waals surface area (Å²) in [5.74, 6) is 0.519. The summed E-state index contributed by atoms with van der Waals surface area (Å²) in [6, 6.07) is 25.3. The minimum Gasteiger partial charge on any atom is -0.493 e. The first kappa shape index (κ1) is 55.0. The maximum absolute atomic E-state index is 14.0. The van der Waals surface area contributed by atoms with E-state index in [0.717, 1.165) is 0 Å². The third-order valence-electron chi connectivity index (χ3n) is 12.1. The number of carbonyl (C=O) groups excluding carboxylic acids is 4. The molecule has 0 aliphatic heterocycles. The molecule has 76 heavy (non-hydrogen) atoms. The maximum Gasteiger partial charge on any atom is 0.269 e. The van der Waals surface area contributed by atoms with Gasteiger partial charge in [-0.25, -0.2) is 0 Å². The van der Waals surface area contributed by atoms with Crippen LogP contribution in [-0.2, 0) is 35.3 Å². The van der Waals surface area contributed by atoms with Crippen LogP contribution >= 0.6 is 0 Å². The van der Waals surface area contributed by atoms with Crippen molar-refractivity contribution in [1.82, 2.24) is 0 Å². The Hall–Kier alpha value is -8.80. The number of non-ortho nitro benzene ring substituents is 2. The molecule has 1 aliphatic carbocycles. The Morgan fingerprint density at radius 1 is 0.408 bits per heavy atom. The first-order chi connectivity index (χ1) is 36.6. The summed E-state index contributed by atoms with van der Waals surface area (Å²) >= 11 is 0. The summed E-state index contributed by atoms with van der Waals surface area (Å²) < 4.78 is 26.9. The molecule has 8 bridgehead atoms. The highest BCUT2D eigenvalue weighted by atomic mass is 16.6. The fourth-order valence-corrected chi connectivity index (χ4v) is 9.02. The highest BCUT2D eigenvalue weighted by Crippen LogP contribution is 2.43. The van der Waals surface area contributed by atoms with Gasteiger partial charge in [0.05, 0.1) is 36.3 Å². The molecule has 0 fully saturated rings. The number of amides is 4. The van der Waals surface area contributed by atoms with Crippen molar-refractivity contribution in [3.05, 3.63) is 173 Å². The van der Waals surface area contributed by atoms with E-state index in [1.165, 1.54) is 62.4 Å².